The van der Waals surface area contributed by atoms with Crippen LogP contribution in [0.2, 0.25) is 5.02 Å². The lowest BCUT2D eigenvalue weighted by Crippen LogP contribution is -2.10. The SMILES string of the molecule is C[C@H](O)c1ccc(Oc2ccc(C(C)(C)C)cc2)c(Cl)c1. The summed E-state index contributed by atoms with van der Waals surface area (Å²) in [6.45, 7) is 8.23. The van der Waals surface area contributed by atoms with Crippen molar-refractivity contribution in [1.29, 1.82) is 0 Å². The quantitative estimate of drug-likeness (QED) is 0.813. The van der Waals surface area contributed by atoms with Crippen LogP contribution in [0.25, 0.3) is 0 Å². The third-order valence-electron chi connectivity index (χ3n) is 3.39. The van der Waals surface area contributed by atoms with Crippen molar-refractivity contribution in [3.05, 3.63) is 58.6 Å². The van der Waals surface area contributed by atoms with E-state index in [0.717, 1.165) is 11.3 Å². The van der Waals surface area contributed by atoms with E-state index in [4.69, 9.17) is 16.3 Å². The first-order valence-electron chi connectivity index (χ1n) is 7.03. The fourth-order valence-corrected chi connectivity index (χ4v) is 2.24. The van der Waals surface area contributed by atoms with E-state index in [9.17, 15) is 5.11 Å². The molecular weight excluding hydrogens is 284 g/mol. The molecule has 0 saturated carbocycles. The van der Waals surface area contributed by atoms with Crippen LogP contribution in [0, 0.1) is 0 Å². The summed E-state index contributed by atoms with van der Waals surface area (Å²) in [6, 6.07) is 13.3. The van der Waals surface area contributed by atoms with Gasteiger partial charge in [-0.15, -0.1) is 0 Å². The van der Waals surface area contributed by atoms with Gasteiger partial charge in [0, 0.05) is 0 Å². The highest BCUT2D eigenvalue weighted by atomic mass is 35.5. The van der Waals surface area contributed by atoms with Crippen molar-refractivity contribution in [2.24, 2.45) is 0 Å². The molecule has 2 aromatic carbocycles. The van der Waals surface area contributed by atoms with Gasteiger partial charge in [0.15, 0.2) is 0 Å². The highest BCUT2D eigenvalue weighted by Gasteiger charge is 2.13. The summed E-state index contributed by atoms with van der Waals surface area (Å²) in [7, 11) is 0. The number of aliphatic hydroxyl groups is 1. The zero-order chi connectivity index (χ0) is 15.6. The van der Waals surface area contributed by atoms with Gasteiger partial charge in [0.2, 0.25) is 0 Å². The van der Waals surface area contributed by atoms with E-state index in [0.29, 0.717) is 10.8 Å². The lowest BCUT2D eigenvalue weighted by atomic mass is 9.87. The molecule has 2 aromatic rings. The molecule has 0 saturated heterocycles. The van der Waals surface area contributed by atoms with Crippen LogP contribution in [-0.2, 0) is 5.41 Å². The lowest BCUT2D eigenvalue weighted by molar-refractivity contribution is 0.199. The number of rotatable bonds is 3. The molecule has 0 aliphatic heterocycles. The van der Waals surface area contributed by atoms with Crippen LogP contribution in [0.5, 0.6) is 11.5 Å². The first-order chi connectivity index (χ1) is 9.77. The van der Waals surface area contributed by atoms with Gasteiger partial charge >= 0.3 is 0 Å². The molecule has 0 amide bonds. The van der Waals surface area contributed by atoms with Gasteiger partial charge in [0.1, 0.15) is 11.5 Å². The number of ether oxygens (including phenoxy) is 1. The second kappa shape index (κ2) is 6.08. The Morgan fingerprint density at radius 2 is 1.67 bits per heavy atom. The van der Waals surface area contributed by atoms with Gasteiger partial charge in [-0.1, -0.05) is 50.6 Å². The largest absolute Gasteiger partial charge is 0.456 e. The van der Waals surface area contributed by atoms with Crippen LogP contribution in [0.3, 0.4) is 0 Å². The van der Waals surface area contributed by atoms with E-state index >= 15 is 0 Å². The summed E-state index contributed by atoms with van der Waals surface area (Å²) in [5.41, 5.74) is 2.15. The molecule has 1 N–H and O–H groups in total. The molecule has 0 aliphatic rings. The summed E-state index contributed by atoms with van der Waals surface area (Å²) < 4.78 is 5.80. The molecule has 0 unspecified atom stereocenters. The zero-order valence-corrected chi connectivity index (χ0v) is 13.6. The summed E-state index contributed by atoms with van der Waals surface area (Å²) >= 11 is 6.19. The van der Waals surface area contributed by atoms with E-state index in [1.807, 2.05) is 18.2 Å². The Morgan fingerprint density at radius 3 is 2.14 bits per heavy atom. The minimum absolute atomic E-state index is 0.120. The van der Waals surface area contributed by atoms with Crippen LogP contribution in [0.4, 0.5) is 0 Å². The Hall–Kier alpha value is -1.51. The van der Waals surface area contributed by atoms with Crippen molar-refractivity contribution >= 4 is 11.6 Å². The number of hydrogen-bond donors (Lipinski definition) is 1. The van der Waals surface area contributed by atoms with E-state index in [1.165, 1.54) is 5.56 Å². The molecule has 112 valence electrons. The zero-order valence-electron chi connectivity index (χ0n) is 12.9. The number of hydrogen-bond acceptors (Lipinski definition) is 2. The lowest BCUT2D eigenvalue weighted by Gasteiger charge is -2.19. The number of aliphatic hydroxyl groups excluding tert-OH is 1. The maximum atomic E-state index is 9.54. The van der Waals surface area contributed by atoms with E-state index in [1.54, 1.807) is 19.1 Å². The number of halogens is 1. The summed E-state index contributed by atoms with van der Waals surface area (Å²) in [5, 5.41) is 10.0. The predicted molar refractivity (Wildman–Crippen MR) is 87.3 cm³/mol. The van der Waals surface area contributed by atoms with Crippen LogP contribution in [0.1, 0.15) is 44.9 Å². The molecule has 2 rings (SSSR count). The maximum Gasteiger partial charge on any atom is 0.146 e. The van der Waals surface area contributed by atoms with Gasteiger partial charge in [-0.2, -0.15) is 0 Å². The predicted octanol–water partition coefficient (Wildman–Crippen LogP) is 5.48. The third-order valence-corrected chi connectivity index (χ3v) is 3.68. The average Bonchev–Trinajstić information content (AvgIpc) is 2.40. The molecule has 21 heavy (non-hydrogen) atoms. The van der Waals surface area contributed by atoms with E-state index in [2.05, 4.69) is 32.9 Å². The van der Waals surface area contributed by atoms with Gasteiger partial charge in [0.25, 0.3) is 0 Å². The summed E-state index contributed by atoms with van der Waals surface area (Å²) in [4.78, 5) is 0. The van der Waals surface area contributed by atoms with Crippen molar-refractivity contribution in [3.8, 4) is 11.5 Å². The molecule has 0 radical (unpaired) electrons. The van der Waals surface area contributed by atoms with Crippen molar-refractivity contribution < 1.29 is 9.84 Å². The monoisotopic (exact) mass is 304 g/mol. The fourth-order valence-electron chi connectivity index (χ4n) is 2.01. The fraction of sp³-hybridized carbons (Fsp3) is 0.333. The van der Waals surface area contributed by atoms with Gasteiger partial charge in [-0.05, 0) is 47.7 Å². The summed E-state index contributed by atoms with van der Waals surface area (Å²) in [5.74, 6) is 1.33. The second-order valence-electron chi connectivity index (χ2n) is 6.24. The van der Waals surface area contributed by atoms with Crippen LogP contribution in [-0.4, -0.2) is 5.11 Å². The van der Waals surface area contributed by atoms with Crippen LogP contribution < -0.4 is 4.74 Å². The Kier molecular flexibility index (Phi) is 4.60. The standard InChI is InChI=1S/C18H21ClO2/c1-12(20)13-5-10-17(16(19)11-13)21-15-8-6-14(7-9-15)18(2,3)4/h5-12,20H,1-4H3/t12-/m0/s1. The Bertz CT molecular complexity index is 610. The molecule has 2 nitrogen and oxygen atoms in total. The summed E-state index contributed by atoms with van der Waals surface area (Å²) in [6.07, 6.45) is -0.539. The minimum atomic E-state index is -0.539. The normalized spacial score (nSPS) is 13.0. The molecule has 0 spiro atoms. The highest BCUT2D eigenvalue weighted by Crippen LogP contribution is 2.32. The van der Waals surface area contributed by atoms with Crippen molar-refractivity contribution in [2.75, 3.05) is 0 Å². The Morgan fingerprint density at radius 1 is 1.05 bits per heavy atom. The Balaban J connectivity index is 2.19. The van der Waals surface area contributed by atoms with Crippen molar-refractivity contribution in [3.63, 3.8) is 0 Å². The molecular formula is C18H21ClO2. The van der Waals surface area contributed by atoms with Gasteiger partial charge in [-0.3, -0.25) is 0 Å². The van der Waals surface area contributed by atoms with Gasteiger partial charge in [0.05, 0.1) is 11.1 Å². The molecule has 0 heterocycles. The minimum Gasteiger partial charge on any atom is -0.456 e. The van der Waals surface area contributed by atoms with E-state index in [-0.39, 0.29) is 5.41 Å². The van der Waals surface area contributed by atoms with Crippen molar-refractivity contribution in [1.82, 2.24) is 0 Å². The molecule has 0 fully saturated rings. The van der Waals surface area contributed by atoms with Crippen molar-refractivity contribution in [2.45, 2.75) is 39.2 Å². The van der Waals surface area contributed by atoms with Gasteiger partial charge in [-0.25, -0.2) is 0 Å². The topological polar surface area (TPSA) is 29.5 Å². The average molecular weight is 305 g/mol. The molecule has 0 aromatic heterocycles. The maximum absolute atomic E-state index is 9.54. The van der Waals surface area contributed by atoms with E-state index < -0.39 is 6.10 Å². The van der Waals surface area contributed by atoms with Gasteiger partial charge < -0.3 is 9.84 Å². The van der Waals surface area contributed by atoms with Crippen LogP contribution in [0.15, 0.2) is 42.5 Å². The number of benzene rings is 2. The molecule has 1 atom stereocenters. The molecule has 0 bridgehead atoms. The first-order valence-corrected chi connectivity index (χ1v) is 7.41. The first kappa shape index (κ1) is 15.9. The third kappa shape index (κ3) is 3.99. The smallest absolute Gasteiger partial charge is 0.146 e. The second-order valence-corrected chi connectivity index (χ2v) is 6.65. The highest BCUT2D eigenvalue weighted by molar-refractivity contribution is 6.32. The molecule has 0 aliphatic carbocycles. The molecule has 3 heteroatoms. The Labute approximate surface area is 131 Å². The van der Waals surface area contributed by atoms with Crippen LogP contribution >= 0.6 is 11.6 Å².